The number of aromatic nitrogens is 3. The van der Waals surface area contributed by atoms with Gasteiger partial charge in [0, 0.05) is 35.8 Å². The lowest BCUT2D eigenvalue weighted by atomic mass is 10.1. The van der Waals surface area contributed by atoms with Crippen molar-refractivity contribution in [1.29, 1.82) is 0 Å². The van der Waals surface area contributed by atoms with Crippen LogP contribution < -0.4 is 11.1 Å². The number of phenols is 1. The lowest BCUT2D eigenvalue weighted by Crippen LogP contribution is -2.44. The zero-order valence-corrected chi connectivity index (χ0v) is 21.8. The van der Waals surface area contributed by atoms with Crippen molar-refractivity contribution in [1.82, 2.24) is 20.1 Å². The highest BCUT2D eigenvalue weighted by Crippen LogP contribution is 2.24. The van der Waals surface area contributed by atoms with Crippen molar-refractivity contribution in [3.63, 3.8) is 0 Å². The van der Waals surface area contributed by atoms with E-state index in [1.165, 1.54) is 0 Å². The minimum Gasteiger partial charge on any atom is -0.508 e. The number of hydrogen-bond donors (Lipinski definition) is 3. The molecule has 8 nitrogen and oxygen atoms in total. The van der Waals surface area contributed by atoms with Crippen LogP contribution in [0.15, 0.2) is 66.9 Å². The Morgan fingerprint density at radius 2 is 1.87 bits per heavy atom. The fourth-order valence-corrected chi connectivity index (χ4v) is 4.40. The minimum absolute atomic E-state index is 0.151. The lowest BCUT2D eigenvalue weighted by molar-refractivity contribution is -0.131. The number of aryl methyl sites for hydroxylation is 2. The number of imide groups is 1. The molecule has 2 amide bonds. The maximum absolute atomic E-state index is 12.3. The summed E-state index contributed by atoms with van der Waals surface area (Å²) in [5.74, 6) is -0.658. The predicted octanol–water partition coefficient (Wildman–Crippen LogP) is 4.53. The predicted molar refractivity (Wildman–Crippen MR) is 148 cm³/mol. The SMILES string of the molecule is CCCCn1nc(-c2ccc3ncccc3c2)cc1CCCCC(=O)NC(=O)C(N)Cc1ccc(O)cc1. The molecule has 2 aromatic heterocycles. The van der Waals surface area contributed by atoms with Crippen LogP contribution in [-0.2, 0) is 29.0 Å². The van der Waals surface area contributed by atoms with Crippen LogP contribution in [0.5, 0.6) is 5.75 Å². The maximum atomic E-state index is 12.3. The maximum Gasteiger partial charge on any atom is 0.243 e. The molecule has 38 heavy (non-hydrogen) atoms. The second-order valence-corrected chi connectivity index (χ2v) is 9.61. The Balaban J connectivity index is 1.29. The summed E-state index contributed by atoms with van der Waals surface area (Å²) in [6, 6.07) is 18.0. The molecule has 0 aliphatic rings. The highest BCUT2D eigenvalue weighted by molar-refractivity contribution is 5.97. The van der Waals surface area contributed by atoms with Crippen LogP contribution in [0.4, 0.5) is 0 Å². The van der Waals surface area contributed by atoms with Crippen molar-refractivity contribution in [2.75, 3.05) is 0 Å². The molecule has 1 unspecified atom stereocenters. The number of nitrogens with two attached hydrogens (primary N) is 1. The summed E-state index contributed by atoms with van der Waals surface area (Å²) < 4.78 is 2.08. The second-order valence-electron chi connectivity index (χ2n) is 9.61. The van der Waals surface area contributed by atoms with Crippen LogP contribution >= 0.6 is 0 Å². The minimum atomic E-state index is -0.833. The number of nitrogens with one attached hydrogen (secondary N) is 1. The van der Waals surface area contributed by atoms with Crippen LogP contribution in [0.1, 0.15) is 50.3 Å². The van der Waals surface area contributed by atoms with E-state index in [1.807, 2.05) is 12.1 Å². The van der Waals surface area contributed by atoms with E-state index < -0.39 is 11.9 Å². The quantitative estimate of drug-likeness (QED) is 0.239. The zero-order chi connectivity index (χ0) is 26.9. The van der Waals surface area contributed by atoms with Crippen LogP contribution in [0.2, 0.25) is 0 Å². The molecule has 4 N–H and O–H groups in total. The third kappa shape index (κ3) is 7.26. The Hall–Kier alpha value is -4.04. The number of pyridine rings is 1. The number of rotatable bonds is 12. The molecule has 1 atom stereocenters. The summed E-state index contributed by atoms with van der Waals surface area (Å²) in [5.41, 5.74) is 10.9. The summed E-state index contributed by atoms with van der Waals surface area (Å²) in [6.45, 7) is 3.02. The van der Waals surface area contributed by atoms with E-state index in [2.05, 4.69) is 46.2 Å². The van der Waals surface area contributed by atoms with Gasteiger partial charge in [-0.1, -0.05) is 37.6 Å². The molecule has 4 rings (SSSR count). The monoisotopic (exact) mass is 513 g/mol. The summed E-state index contributed by atoms with van der Waals surface area (Å²) >= 11 is 0. The van der Waals surface area contributed by atoms with E-state index >= 15 is 0 Å². The fraction of sp³-hybridized carbons (Fsp3) is 0.333. The van der Waals surface area contributed by atoms with E-state index in [-0.39, 0.29) is 24.5 Å². The molecule has 2 aromatic carbocycles. The van der Waals surface area contributed by atoms with E-state index in [1.54, 1.807) is 30.5 Å². The van der Waals surface area contributed by atoms with Crippen molar-refractivity contribution in [2.24, 2.45) is 5.73 Å². The standard InChI is InChI=1S/C30H35N5O3/c1-2-3-17-35-24(20-28(34-35)23-12-15-27-22(19-23)7-6-16-32-27)8-4-5-9-29(37)33-30(38)26(31)18-21-10-13-25(36)14-11-21/h6-7,10-16,19-20,26,36H,2-5,8-9,17-18,31H2,1H3,(H,33,37,38). The van der Waals surface area contributed by atoms with E-state index in [0.29, 0.717) is 6.42 Å². The van der Waals surface area contributed by atoms with Gasteiger partial charge in [0.05, 0.1) is 17.3 Å². The molecule has 0 spiro atoms. The molecule has 0 saturated heterocycles. The highest BCUT2D eigenvalue weighted by Gasteiger charge is 2.17. The van der Waals surface area contributed by atoms with Gasteiger partial charge in [-0.25, -0.2) is 0 Å². The summed E-state index contributed by atoms with van der Waals surface area (Å²) in [4.78, 5) is 29.0. The van der Waals surface area contributed by atoms with Gasteiger partial charge in [0.25, 0.3) is 0 Å². The first-order chi connectivity index (χ1) is 18.4. The number of hydrogen-bond acceptors (Lipinski definition) is 6. The lowest BCUT2D eigenvalue weighted by Gasteiger charge is -2.12. The fourth-order valence-electron chi connectivity index (χ4n) is 4.40. The van der Waals surface area contributed by atoms with Gasteiger partial charge in [-0.2, -0.15) is 5.10 Å². The largest absolute Gasteiger partial charge is 0.508 e. The van der Waals surface area contributed by atoms with Gasteiger partial charge in [0.1, 0.15) is 5.75 Å². The van der Waals surface area contributed by atoms with Gasteiger partial charge < -0.3 is 10.8 Å². The second kappa shape index (κ2) is 13.0. The molecule has 2 heterocycles. The van der Waals surface area contributed by atoms with Gasteiger partial charge in [-0.3, -0.25) is 24.6 Å². The number of aromatic hydroxyl groups is 1. The number of phenolic OH excluding ortho intramolecular Hbond substituents is 1. The molecule has 198 valence electrons. The zero-order valence-electron chi connectivity index (χ0n) is 21.8. The normalized spacial score (nSPS) is 11.9. The number of carbonyl (C=O) groups is 2. The van der Waals surface area contributed by atoms with Crippen molar-refractivity contribution in [3.05, 3.63) is 78.1 Å². The first-order valence-corrected chi connectivity index (χ1v) is 13.2. The van der Waals surface area contributed by atoms with E-state index in [0.717, 1.165) is 65.6 Å². The van der Waals surface area contributed by atoms with Gasteiger partial charge in [0.2, 0.25) is 11.8 Å². The van der Waals surface area contributed by atoms with E-state index in [4.69, 9.17) is 10.8 Å². The van der Waals surface area contributed by atoms with Crippen LogP contribution in [-0.4, -0.2) is 37.7 Å². The van der Waals surface area contributed by atoms with Crippen molar-refractivity contribution >= 4 is 22.7 Å². The average molecular weight is 514 g/mol. The third-order valence-electron chi connectivity index (χ3n) is 6.56. The Labute approximate surface area is 222 Å². The van der Waals surface area contributed by atoms with Gasteiger partial charge >= 0.3 is 0 Å². The molecular formula is C30H35N5O3. The van der Waals surface area contributed by atoms with Crippen LogP contribution in [0, 0.1) is 0 Å². The number of carbonyl (C=O) groups excluding carboxylic acids is 2. The molecule has 0 saturated carbocycles. The molecule has 0 aliphatic carbocycles. The number of fused-ring (bicyclic) bond motifs is 1. The first kappa shape index (κ1) is 27.0. The molecule has 0 aliphatic heterocycles. The average Bonchev–Trinajstić information content (AvgIpc) is 3.33. The number of benzene rings is 2. The number of unbranched alkanes of at least 4 members (excludes halogenated alkanes) is 2. The van der Waals surface area contributed by atoms with E-state index in [9.17, 15) is 14.7 Å². The van der Waals surface area contributed by atoms with Crippen molar-refractivity contribution in [2.45, 2.75) is 64.5 Å². The topological polar surface area (TPSA) is 123 Å². The van der Waals surface area contributed by atoms with Gasteiger partial charge in [-0.15, -0.1) is 0 Å². The van der Waals surface area contributed by atoms with Crippen molar-refractivity contribution < 1.29 is 14.7 Å². The Kier molecular flexibility index (Phi) is 9.21. The Morgan fingerprint density at radius 3 is 2.66 bits per heavy atom. The third-order valence-corrected chi connectivity index (χ3v) is 6.56. The summed E-state index contributed by atoms with van der Waals surface area (Å²) in [5, 5.41) is 17.8. The molecule has 0 bridgehead atoms. The molecule has 0 radical (unpaired) electrons. The van der Waals surface area contributed by atoms with Gasteiger partial charge in [0.15, 0.2) is 0 Å². The smallest absolute Gasteiger partial charge is 0.243 e. The van der Waals surface area contributed by atoms with Gasteiger partial charge in [-0.05, 0) is 74.1 Å². The van der Waals surface area contributed by atoms with Crippen LogP contribution in [0.3, 0.4) is 0 Å². The van der Waals surface area contributed by atoms with Crippen LogP contribution in [0.25, 0.3) is 22.2 Å². The first-order valence-electron chi connectivity index (χ1n) is 13.2. The number of amides is 2. The summed E-state index contributed by atoms with van der Waals surface area (Å²) in [7, 11) is 0. The summed E-state index contributed by atoms with van der Waals surface area (Å²) in [6.07, 6.45) is 6.73. The molecule has 4 aromatic rings. The molecule has 0 fully saturated rings. The highest BCUT2D eigenvalue weighted by atomic mass is 16.3. The Bertz CT molecular complexity index is 1380. The molecular weight excluding hydrogens is 478 g/mol. The Morgan fingerprint density at radius 1 is 1.05 bits per heavy atom. The molecule has 8 heteroatoms. The van der Waals surface area contributed by atoms with Crippen molar-refractivity contribution in [3.8, 4) is 17.0 Å². The number of nitrogens with zero attached hydrogens (tertiary/aromatic N) is 3.